The number of allylic oxidation sites excluding steroid dienone is 1. The van der Waals surface area contributed by atoms with Crippen LogP contribution < -0.4 is 18.9 Å². The Morgan fingerprint density at radius 3 is 1.84 bits per heavy atom. The van der Waals surface area contributed by atoms with E-state index in [-0.39, 0.29) is 11.1 Å². The van der Waals surface area contributed by atoms with Gasteiger partial charge < -0.3 is 23.4 Å². The zero-order chi connectivity index (χ0) is 24.3. The van der Waals surface area contributed by atoms with E-state index in [9.17, 15) is 0 Å². The summed E-state index contributed by atoms with van der Waals surface area (Å²) in [7, 11) is 4.60. The molecule has 1 atom stereocenters. The van der Waals surface area contributed by atoms with Crippen LogP contribution in [0, 0.1) is 0 Å². The summed E-state index contributed by atoms with van der Waals surface area (Å²) in [6.07, 6.45) is 2.78. The van der Waals surface area contributed by atoms with E-state index in [4.69, 9.17) is 23.4 Å². The second-order valence-electron chi connectivity index (χ2n) is 9.81. The fourth-order valence-corrected chi connectivity index (χ4v) is 4.82. The Balaban J connectivity index is 2.88. The molecule has 0 aromatic heterocycles. The minimum atomic E-state index is -2.07. The van der Waals surface area contributed by atoms with E-state index in [1.54, 1.807) is 28.4 Å². The standard InChI is InChI=1S/C26H40O5Si/c1-17(2)12-13-19(31-32(10,11)26(3,4)5)18-16-22(29-8)23-20(27-6)14-15-21(28-7)24(23)25(18)30-9/h12,14-16,19H,13H2,1-11H3/t19-/m1/s1. The van der Waals surface area contributed by atoms with E-state index < -0.39 is 8.32 Å². The lowest BCUT2D eigenvalue weighted by atomic mass is 9.97. The molecule has 2 aromatic rings. The summed E-state index contributed by atoms with van der Waals surface area (Å²) in [6, 6.07) is 5.81. The average Bonchev–Trinajstić information content (AvgIpc) is 2.73. The number of ether oxygens (including phenoxy) is 4. The van der Waals surface area contributed by atoms with Crippen molar-refractivity contribution in [1.82, 2.24) is 0 Å². The van der Waals surface area contributed by atoms with Crippen LogP contribution in [0.4, 0.5) is 0 Å². The summed E-state index contributed by atoms with van der Waals surface area (Å²) >= 11 is 0. The van der Waals surface area contributed by atoms with Crippen molar-refractivity contribution in [3.8, 4) is 23.0 Å². The minimum absolute atomic E-state index is 0.0747. The van der Waals surface area contributed by atoms with Crippen molar-refractivity contribution in [3.05, 3.63) is 35.4 Å². The number of rotatable bonds is 9. The van der Waals surface area contributed by atoms with Gasteiger partial charge in [0.05, 0.1) is 45.3 Å². The largest absolute Gasteiger partial charge is 0.496 e. The van der Waals surface area contributed by atoms with Crippen molar-refractivity contribution in [2.75, 3.05) is 28.4 Å². The Kier molecular flexibility index (Phi) is 8.29. The molecule has 0 aliphatic rings. The summed E-state index contributed by atoms with van der Waals surface area (Å²) in [6.45, 7) is 15.5. The molecule has 32 heavy (non-hydrogen) atoms. The summed E-state index contributed by atoms with van der Waals surface area (Å²) in [4.78, 5) is 0. The average molecular weight is 461 g/mol. The van der Waals surface area contributed by atoms with Gasteiger partial charge in [0.25, 0.3) is 0 Å². The highest BCUT2D eigenvalue weighted by Gasteiger charge is 2.40. The van der Waals surface area contributed by atoms with Gasteiger partial charge in [0.15, 0.2) is 8.32 Å². The molecule has 178 valence electrons. The molecular formula is C26H40O5Si. The van der Waals surface area contributed by atoms with Gasteiger partial charge in [-0.3, -0.25) is 0 Å². The maximum absolute atomic E-state index is 6.95. The van der Waals surface area contributed by atoms with Gasteiger partial charge in [-0.25, -0.2) is 0 Å². The molecule has 0 unspecified atom stereocenters. The lowest BCUT2D eigenvalue weighted by molar-refractivity contribution is 0.182. The molecule has 0 heterocycles. The third kappa shape index (κ3) is 5.23. The molecule has 0 saturated heterocycles. The monoisotopic (exact) mass is 460 g/mol. The first kappa shape index (κ1) is 26.1. The van der Waals surface area contributed by atoms with E-state index in [1.165, 1.54) is 5.57 Å². The van der Waals surface area contributed by atoms with Gasteiger partial charge in [-0.1, -0.05) is 32.4 Å². The van der Waals surface area contributed by atoms with Gasteiger partial charge in [0.1, 0.15) is 23.0 Å². The SMILES string of the molecule is COc1ccc(OC)c2c(OC)c([C@@H](CC=C(C)C)O[Si](C)(C)C(C)(C)C)cc(OC)c12. The Labute approximate surface area is 194 Å². The van der Waals surface area contributed by atoms with Crippen molar-refractivity contribution < 1.29 is 23.4 Å². The topological polar surface area (TPSA) is 46.2 Å². The molecule has 6 heteroatoms. The zero-order valence-corrected chi connectivity index (χ0v) is 22.6. The van der Waals surface area contributed by atoms with Crippen molar-refractivity contribution in [2.45, 2.75) is 65.3 Å². The number of methoxy groups -OCH3 is 4. The van der Waals surface area contributed by atoms with Crippen LogP contribution in [-0.2, 0) is 4.43 Å². The summed E-state index contributed by atoms with van der Waals surface area (Å²) in [5.41, 5.74) is 2.20. The van der Waals surface area contributed by atoms with Crippen molar-refractivity contribution in [1.29, 1.82) is 0 Å². The van der Waals surface area contributed by atoms with Crippen LogP contribution in [0.5, 0.6) is 23.0 Å². The molecule has 0 amide bonds. The molecule has 0 N–H and O–H groups in total. The first-order valence-electron chi connectivity index (χ1n) is 11.0. The van der Waals surface area contributed by atoms with E-state index in [1.807, 2.05) is 18.2 Å². The predicted octanol–water partition coefficient (Wildman–Crippen LogP) is 7.29. The second kappa shape index (κ2) is 10.2. The molecular weight excluding hydrogens is 420 g/mol. The van der Waals surface area contributed by atoms with Crippen molar-refractivity contribution in [2.24, 2.45) is 0 Å². The van der Waals surface area contributed by atoms with Gasteiger partial charge in [-0.15, -0.1) is 0 Å². The molecule has 0 aliphatic carbocycles. The van der Waals surface area contributed by atoms with Gasteiger partial charge in [0.2, 0.25) is 0 Å². The highest BCUT2D eigenvalue weighted by atomic mass is 28.4. The second-order valence-corrected chi connectivity index (χ2v) is 14.6. The predicted molar refractivity (Wildman–Crippen MR) is 135 cm³/mol. The Morgan fingerprint density at radius 2 is 1.41 bits per heavy atom. The number of hydrogen-bond acceptors (Lipinski definition) is 5. The van der Waals surface area contributed by atoms with Crippen LogP contribution in [0.3, 0.4) is 0 Å². The first-order valence-corrected chi connectivity index (χ1v) is 13.9. The highest BCUT2D eigenvalue weighted by Crippen LogP contribution is 2.50. The molecule has 0 spiro atoms. The molecule has 0 fully saturated rings. The number of hydrogen-bond donors (Lipinski definition) is 0. The van der Waals surface area contributed by atoms with Gasteiger partial charge in [-0.2, -0.15) is 0 Å². The first-order chi connectivity index (χ1) is 14.9. The Bertz CT molecular complexity index is 969. The fraction of sp³-hybridized carbons (Fsp3) is 0.538. The van der Waals surface area contributed by atoms with Gasteiger partial charge >= 0.3 is 0 Å². The third-order valence-corrected chi connectivity index (χ3v) is 10.8. The highest BCUT2D eigenvalue weighted by molar-refractivity contribution is 6.74. The Hall–Kier alpha value is -2.18. The molecule has 5 nitrogen and oxygen atoms in total. The lowest BCUT2D eigenvalue weighted by Gasteiger charge is -2.39. The lowest BCUT2D eigenvalue weighted by Crippen LogP contribution is -2.41. The fourth-order valence-electron chi connectivity index (χ4n) is 3.53. The summed E-state index contributed by atoms with van der Waals surface area (Å²) in [5.74, 6) is 2.83. The zero-order valence-electron chi connectivity index (χ0n) is 21.6. The van der Waals surface area contributed by atoms with Crippen LogP contribution in [-0.4, -0.2) is 36.8 Å². The normalized spacial score (nSPS) is 13.0. The Morgan fingerprint density at radius 1 is 0.875 bits per heavy atom. The molecule has 0 saturated carbocycles. The number of benzene rings is 2. The van der Waals surface area contributed by atoms with Crippen molar-refractivity contribution in [3.63, 3.8) is 0 Å². The molecule has 0 radical (unpaired) electrons. The summed E-state index contributed by atoms with van der Waals surface area (Å²) < 4.78 is 30.2. The maximum Gasteiger partial charge on any atom is 0.192 e. The quantitative estimate of drug-likeness (QED) is 0.290. The van der Waals surface area contributed by atoms with Gasteiger partial charge in [0, 0.05) is 5.56 Å². The molecule has 0 bridgehead atoms. The molecule has 2 rings (SSSR count). The van der Waals surface area contributed by atoms with Crippen LogP contribution >= 0.6 is 0 Å². The van der Waals surface area contributed by atoms with Crippen molar-refractivity contribution >= 4 is 19.1 Å². The van der Waals surface area contributed by atoms with E-state index in [0.29, 0.717) is 17.2 Å². The molecule has 2 aromatic carbocycles. The van der Waals surface area contributed by atoms with Crippen LogP contribution in [0.25, 0.3) is 10.8 Å². The minimum Gasteiger partial charge on any atom is -0.496 e. The van der Waals surface area contributed by atoms with Crippen LogP contribution in [0.2, 0.25) is 18.1 Å². The number of fused-ring (bicyclic) bond motifs is 1. The van der Waals surface area contributed by atoms with Crippen LogP contribution in [0.1, 0.15) is 52.7 Å². The summed E-state index contributed by atoms with van der Waals surface area (Å²) in [5, 5.41) is 1.72. The van der Waals surface area contributed by atoms with Gasteiger partial charge in [-0.05, 0) is 56.6 Å². The van der Waals surface area contributed by atoms with Crippen LogP contribution in [0.15, 0.2) is 29.8 Å². The third-order valence-electron chi connectivity index (χ3n) is 6.35. The van der Waals surface area contributed by atoms with E-state index >= 15 is 0 Å². The smallest absolute Gasteiger partial charge is 0.192 e. The van der Waals surface area contributed by atoms with E-state index in [0.717, 1.165) is 28.5 Å². The molecule has 0 aliphatic heterocycles. The maximum atomic E-state index is 6.95. The van der Waals surface area contributed by atoms with E-state index in [2.05, 4.69) is 53.8 Å².